The van der Waals surface area contributed by atoms with E-state index in [1.807, 2.05) is 7.05 Å². The van der Waals surface area contributed by atoms with Gasteiger partial charge in [-0.05, 0) is 63.1 Å². The number of hydrazine groups is 1. The molecule has 0 bridgehead atoms. The first-order valence-electron chi connectivity index (χ1n) is 9.75. The quantitative estimate of drug-likeness (QED) is 0.687. The number of likely N-dealkylation sites (N-methyl/N-ethyl adjacent to an activating group) is 3. The molecule has 5 heteroatoms. The van der Waals surface area contributed by atoms with Crippen LogP contribution in [0.2, 0.25) is 0 Å². The molecular weight excluding hydrogens is 300 g/mol. The van der Waals surface area contributed by atoms with Crippen LogP contribution in [0, 0.1) is 11.3 Å². The fourth-order valence-electron chi connectivity index (χ4n) is 5.38. The van der Waals surface area contributed by atoms with E-state index >= 15 is 0 Å². The van der Waals surface area contributed by atoms with Crippen molar-refractivity contribution in [3.05, 3.63) is 11.8 Å². The Morgan fingerprint density at radius 3 is 2.83 bits per heavy atom. The Bertz CT molecular complexity index is 447. The molecule has 0 aromatic carbocycles. The Labute approximate surface area is 147 Å². The van der Waals surface area contributed by atoms with Gasteiger partial charge in [-0.2, -0.15) is 0 Å². The number of aliphatic hydroxyl groups is 1. The zero-order chi connectivity index (χ0) is 17.2. The highest BCUT2D eigenvalue weighted by Gasteiger charge is 2.48. The molecule has 0 aromatic rings. The number of nitrogens with one attached hydrogen (secondary N) is 2. The lowest BCUT2D eigenvalue weighted by molar-refractivity contribution is -0.0406. The van der Waals surface area contributed by atoms with Gasteiger partial charge in [0.15, 0.2) is 0 Å². The van der Waals surface area contributed by atoms with Crippen molar-refractivity contribution in [1.82, 2.24) is 20.7 Å². The Balaban J connectivity index is 1.66. The van der Waals surface area contributed by atoms with Gasteiger partial charge in [0.1, 0.15) is 0 Å². The third kappa shape index (κ3) is 3.64. The number of aliphatic hydroxyl groups excluding tert-OH is 1. The summed E-state index contributed by atoms with van der Waals surface area (Å²) in [5.74, 6) is 0.662. The number of hydrogen-bond donors (Lipinski definition) is 3. The van der Waals surface area contributed by atoms with Crippen LogP contribution in [-0.2, 0) is 0 Å². The highest BCUT2D eigenvalue weighted by atomic mass is 16.3. The van der Waals surface area contributed by atoms with Crippen molar-refractivity contribution in [3.8, 4) is 0 Å². The number of rotatable bonds is 6. The molecule has 3 aliphatic rings. The van der Waals surface area contributed by atoms with Crippen molar-refractivity contribution >= 4 is 0 Å². The van der Waals surface area contributed by atoms with Gasteiger partial charge in [-0.3, -0.25) is 0 Å². The van der Waals surface area contributed by atoms with Crippen LogP contribution in [-0.4, -0.2) is 67.9 Å². The summed E-state index contributed by atoms with van der Waals surface area (Å²) in [4.78, 5) is 2.40. The van der Waals surface area contributed by atoms with Crippen molar-refractivity contribution in [2.45, 2.75) is 57.1 Å². The van der Waals surface area contributed by atoms with E-state index in [9.17, 15) is 5.11 Å². The van der Waals surface area contributed by atoms with Crippen LogP contribution >= 0.6 is 0 Å². The van der Waals surface area contributed by atoms with E-state index in [1.54, 1.807) is 0 Å². The lowest BCUT2D eigenvalue weighted by Gasteiger charge is -2.45. The highest BCUT2D eigenvalue weighted by Crippen LogP contribution is 2.52. The molecule has 5 nitrogen and oxygen atoms in total. The first-order chi connectivity index (χ1) is 11.6. The fourth-order valence-corrected chi connectivity index (χ4v) is 5.38. The molecule has 0 radical (unpaired) electrons. The summed E-state index contributed by atoms with van der Waals surface area (Å²) in [5.41, 5.74) is 5.16. The van der Waals surface area contributed by atoms with E-state index < -0.39 is 0 Å². The Hall–Kier alpha value is -0.620. The maximum atomic E-state index is 10.6. The molecule has 3 N–H and O–H groups in total. The van der Waals surface area contributed by atoms with Crippen LogP contribution in [0.3, 0.4) is 0 Å². The molecule has 1 spiro atoms. The van der Waals surface area contributed by atoms with Gasteiger partial charge in [0, 0.05) is 32.9 Å². The first-order valence-corrected chi connectivity index (χ1v) is 9.75. The van der Waals surface area contributed by atoms with E-state index in [4.69, 9.17) is 0 Å². The molecule has 138 valence electrons. The van der Waals surface area contributed by atoms with Crippen molar-refractivity contribution < 1.29 is 5.11 Å². The van der Waals surface area contributed by atoms with E-state index in [2.05, 4.69) is 40.9 Å². The third-order valence-corrected chi connectivity index (χ3v) is 6.68. The summed E-state index contributed by atoms with van der Waals surface area (Å²) in [7, 11) is 6.39. The molecule has 2 aliphatic carbocycles. The first kappa shape index (κ1) is 18.2. The van der Waals surface area contributed by atoms with Crippen molar-refractivity contribution in [1.29, 1.82) is 0 Å². The smallest absolute Gasteiger partial charge is 0.0596 e. The van der Waals surface area contributed by atoms with Gasteiger partial charge in [-0.15, -0.1) is 0 Å². The highest BCUT2D eigenvalue weighted by molar-refractivity contribution is 5.19. The molecule has 2 saturated carbocycles. The molecule has 0 amide bonds. The van der Waals surface area contributed by atoms with E-state index in [0.29, 0.717) is 12.0 Å². The largest absolute Gasteiger partial charge is 0.393 e. The van der Waals surface area contributed by atoms with Gasteiger partial charge >= 0.3 is 0 Å². The minimum Gasteiger partial charge on any atom is -0.393 e. The number of nitrogens with zero attached hydrogens (tertiary/aromatic N) is 2. The van der Waals surface area contributed by atoms with Gasteiger partial charge in [-0.25, -0.2) is 5.01 Å². The predicted molar refractivity (Wildman–Crippen MR) is 98.4 cm³/mol. The average Bonchev–Trinajstić information content (AvgIpc) is 3.16. The summed E-state index contributed by atoms with van der Waals surface area (Å²) < 4.78 is 0. The maximum absolute atomic E-state index is 10.6. The van der Waals surface area contributed by atoms with Crippen LogP contribution < -0.4 is 10.7 Å². The summed E-state index contributed by atoms with van der Waals surface area (Å²) in [5, 5.41) is 16.2. The van der Waals surface area contributed by atoms with Gasteiger partial charge < -0.3 is 20.7 Å². The van der Waals surface area contributed by atoms with Crippen molar-refractivity contribution in [2.75, 3.05) is 40.8 Å². The molecule has 0 saturated heterocycles. The zero-order valence-corrected chi connectivity index (χ0v) is 15.7. The van der Waals surface area contributed by atoms with Crippen LogP contribution in [0.25, 0.3) is 0 Å². The minimum atomic E-state index is -0.0679. The van der Waals surface area contributed by atoms with E-state index in [1.165, 1.54) is 37.7 Å². The second-order valence-electron chi connectivity index (χ2n) is 8.37. The lowest BCUT2D eigenvalue weighted by Crippen LogP contribution is -2.48. The molecule has 1 heterocycles. The number of hydrogen-bond acceptors (Lipinski definition) is 5. The van der Waals surface area contributed by atoms with Gasteiger partial charge in [0.2, 0.25) is 0 Å². The summed E-state index contributed by atoms with van der Waals surface area (Å²) in [6.07, 6.45) is 10.5. The molecule has 3 atom stereocenters. The average molecular weight is 337 g/mol. The standard InChI is InChI=1S/C19H36N4O/c1-20-10-11-22(2)14-16-13-21-23(3)18(16)15-6-7-17(24)19(12-15)8-4-5-9-19/h13,15,17-18,20-21,24H,4-12,14H2,1-3H3/t15-,17+,18?/m1/s1. The third-order valence-electron chi connectivity index (χ3n) is 6.68. The SMILES string of the molecule is CNCCN(C)CC1=CNN(C)C1[C@@H]1CC[C@H](O)C2(CCCC2)C1. The molecule has 3 rings (SSSR count). The van der Waals surface area contributed by atoms with E-state index in [0.717, 1.165) is 32.5 Å². The maximum Gasteiger partial charge on any atom is 0.0596 e. The summed E-state index contributed by atoms with van der Waals surface area (Å²) in [6.45, 7) is 3.11. The zero-order valence-electron chi connectivity index (χ0n) is 15.7. The molecule has 1 unspecified atom stereocenters. The van der Waals surface area contributed by atoms with Crippen molar-refractivity contribution in [3.63, 3.8) is 0 Å². The molecule has 24 heavy (non-hydrogen) atoms. The molecule has 2 fully saturated rings. The second-order valence-corrected chi connectivity index (χ2v) is 8.37. The minimum absolute atomic E-state index is 0.0679. The van der Waals surface area contributed by atoms with Crippen LogP contribution in [0.5, 0.6) is 0 Å². The summed E-state index contributed by atoms with van der Waals surface area (Å²) in [6, 6.07) is 0.479. The monoisotopic (exact) mass is 336 g/mol. The van der Waals surface area contributed by atoms with E-state index in [-0.39, 0.29) is 11.5 Å². The van der Waals surface area contributed by atoms with Gasteiger partial charge in [0.25, 0.3) is 0 Å². The van der Waals surface area contributed by atoms with Crippen molar-refractivity contribution in [2.24, 2.45) is 11.3 Å². The second kappa shape index (κ2) is 7.73. The summed E-state index contributed by atoms with van der Waals surface area (Å²) >= 11 is 0. The van der Waals surface area contributed by atoms with Crippen LogP contribution in [0.15, 0.2) is 11.8 Å². The van der Waals surface area contributed by atoms with Gasteiger partial charge in [-0.1, -0.05) is 12.8 Å². The molecular formula is C19H36N4O. The van der Waals surface area contributed by atoms with Crippen LogP contribution in [0.4, 0.5) is 0 Å². The van der Waals surface area contributed by atoms with Crippen LogP contribution in [0.1, 0.15) is 44.9 Å². The topological polar surface area (TPSA) is 50.8 Å². The Morgan fingerprint density at radius 2 is 2.12 bits per heavy atom. The molecule has 1 aliphatic heterocycles. The normalized spacial score (nSPS) is 33.2. The fraction of sp³-hybridized carbons (Fsp3) is 0.895. The lowest BCUT2D eigenvalue weighted by atomic mass is 9.64. The molecule has 0 aromatic heterocycles. The van der Waals surface area contributed by atoms with Gasteiger partial charge in [0.05, 0.1) is 12.1 Å². The Kier molecular flexibility index (Phi) is 5.85. The Morgan fingerprint density at radius 1 is 1.38 bits per heavy atom. The predicted octanol–water partition coefficient (Wildman–Crippen LogP) is 1.56.